The predicted molar refractivity (Wildman–Crippen MR) is 72.6 cm³/mol. The average molecular weight is 373 g/mol. The second-order valence-electron chi connectivity index (χ2n) is 4.25. The monoisotopic (exact) mass is 373 g/mol. The van der Waals surface area contributed by atoms with Gasteiger partial charge in [-0.3, -0.25) is 0 Å². The van der Waals surface area contributed by atoms with Crippen LogP contribution in [0.15, 0.2) is 0 Å². The number of hydrogen-bond donors (Lipinski definition) is 3. The van der Waals surface area contributed by atoms with Crippen LogP contribution in [0.4, 0.5) is 17.6 Å². The Labute approximate surface area is 132 Å². The van der Waals surface area contributed by atoms with E-state index in [-0.39, 0.29) is 0 Å². The van der Waals surface area contributed by atoms with E-state index in [2.05, 4.69) is 20.8 Å². The summed E-state index contributed by atoms with van der Waals surface area (Å²) in [5.41, 5.74) is 0. The molecule has 3 N–H and O–H groups in total. The summed E-state index contributed by atoms with van der Waals surface area (Å²) < 4.78 is 73.8. The van der Waals surface area contributed by atoms with Crippen LogP contribution in [0.5, 0.6) is 0 Å². The zero-order valence-electron chi connectivity index (χ0n) is 13.3. The van der Waals surface area contributed by atoms with Crippen molar-refractivity contribution in [2.24, 2.45) is 0 Å². The largest absolute Gasteiger partial charge is 0.743 e. The lowest BCUT2D eigenvalue weighted by molar-refractivity contribution is -0.894. The van der Waals surface area contributed by atoms with E-state index in [1.54, 1.807) is 4.90 Å². The van der Waals surface area contributed by atoms with Gasteiger partial charge in [0.25, 0.3) is 0 Å². The topological polar surface area (TPSA) is 119 Å². The van der Waals surface area contributed by atoms with Crippen molar-refractivity contribution in [1.82, 2.24) is 0 Å². The molecule has 0 rings (SSSR count). The second kappa shape index (κ2) is 11.5. The fourth-order valence-corrected chi connectivity index (χ4v) is 0.987. The van der Waals surface area contributed by atoms with E-state index in [4.69, 9.17) is 10.2 Å². The molecule has 0 amide bonds. The minimum absolute atomic E-state index is 0.329. The first-order valence-corrected chi connectivity index (χ1v) is 7.90. The second-order valence-corrected chi connectivity index (χ2v) is 5.76. The van der Waals surface area contributed by atoms with Crippen LogP contribution in [0.3, 0.4) is 0 Å². The Morgan fingerprint density at radius 2 is 1.35 bits per heavy atom. The lowest BCUT2D eigenvalue weighted by Crippen LogP contribution is -3.11. The molecule has 0 radical (unpaired) electrons. The number of halogens is 4. The highest BCUT2D eigenvalue weighted by Gasteiger charge is 2.36. The number of carbonyl (C=O) groups is 1. The zero-order valence-corrected chi connectivity index (χ0v) is 14.1. The Balaban J connectivity index is -0.000000264. The van der Waals surface area contributed by atoms with Crippen LogP contribution in [-0.2, 0) is 14.9 Å². The smallest absolute Gasteiger partial charge is 0.374 e. The molecule has 0 spiro atoms. The van der Waals surface area contributed by atoms with Gasteiger partial charge in [0.1, 0.15) is 6.61 Å². The Hall–Kier alpha value is -0.980. The van der Waals surface area contributed by atoms with Gasteiger partial charge in [-0.05, 0) is 20.8 Å². The van der Waals surface area contributed by atoms with Gasteiger partial charge in [-0.15, -0.1) is 0 Å². The van der Waals surface area contributed by atoms with Gasteiger partial charge in [-0.25, -0.2) is 13.2 Å². The summed E-state index contributed by atoms with van der Waals surface area (Å²) in [6, 6.07) is 0. The number of aliphatic hydroxyl groups is 1. The summed E-state index contributed by atoms with van der Waals surface area (Å²) in [5, 5.41) is 10.6. The van der Waals surface area contributed by atoms with Gasteiger partial charge in [0, 0.05) is 6.92 Å². The number of carboxylic acids is 1. The third-order valence-electron chi connectivity index (χ3n) is 2.43. The van der Waals surface area contributed by atoms with E-state index in [0.29, 0.717) is 6.92 Å². The van der Waals surface area contributed by atoms with E-state index < -0.39 is 33.9 Å². The lowest BCUT2D eigenvalue weighted by atomic mass is 10.4. The molecule has 0 aromatic carbocycles. The van der Waals surface area contributed by atoms with Gasteiger partial charge in [0.05, 0.1) is 19.6 Å². The number of aliphatic hydroxyl groups excluding tert-OH is 1. The van der Waals surface area contributed by atoms with Gasteiger partial charge in [-0.1, -0.05) is 0 Å². The first-order valence-electron chi connectivity index (χ1n) is 6.49. The maximum absolute atomic E-state index is 11.5. The van der Waals surface area contributed by atoms with E-state index in [1.165, 1.54) is 19.6 Å². The molecule has 0 saturated heterocycles. The molecular weight excluding hydrogens is 350 g/mol. The summed E-state index contributed by atoms with van der Waals surface area (Å²) >= 11 is 0. The molecular formula is C11H23F4NO6S. The van der Waals surface area contributed by atoms with Crippen molar-refractivity contribution in [3.63, 3.8) is 0 Å². The highest BCUT2D eigenvalue weighted by molar-refractivity contribution is 7.86. The molecule has 0 heterocycles. The van der Waals surface area contributed by atoms with E-state index in [9.17, 15) is 35.3 Å². The predicted octanol–water partition coefficient (Wildman–Crippen LogP) is -0.226. The first kappa shape index (κ1) is 26.9. The maximum Gasteiger partial charge on any atom is 0.374 e. The quantitative estimate of drug-likeness (QED) is 0.437. The summed E-state index contributed by atoms with van der Waals surface area (Å²) in [6.45, 7) is 8.84. The summed E-state index contributed by atoms with van der Waals surface area (Å²) in [5.74, 6) is -5.67. The summed E-state index contributed by atoms with van der Waals surface area (Å²) in [6.07, 6.45) is 0. The average Bonchev–Trinajstić information content (AvgIpc) is 2.39. The van der Waals surface area contributed by atoms with Crippen molar-refractivity contribution in [1.29, 1.82) is 0 Å². The molecule has 0 fully saturated rings. The van der Waals surface area contributed by atoms with E-state index >= 15 is 0 Å². The lowest BCUT2D eigenvalue weighted by Gasteiger charge is -2.16. The molecule has 23 heavy (non-hydrogen) atoms. The number of hydrogen-bond acceptors (Lipinski definition) is 5. The van der Waals surface area contributed by atoms with Crippen LogP contribution in [0.2, 0.25) is 0 Å². The molecule has 0 bridgehead atoms. The SMILES string of the molecule is CC(F)(F)C(=O)O.CC[NH+](CC)CC.O=S(=O)([O-])C(F)(F)CO. The maximum atomic E-state index is 11.5. The fraction of sp³-hybridized carbons (Fsp3) is 0.909. The third-order valence-corrected chi connectivity index (χ3v) is 3.29. The molecule has 142 valence electrons. The molecule has 0 aromatic heterocycles. The molecule has 0 aliphatic carbocycles. The van der Waals surface area contributed by atoms with Crippen molar-refractivity contribution in [2.45, 2.75) is 38.9 Å². The highest BCUT2D eigenvalue weighted by Crippen LogP contribution is 2.18. The van der Waals surface area contributed by atoms with Crippen molar-refractivity contribution in [3.8, 4) is 0 Å². The van der Waals surface area contributed by atoms with Crippen molar-refractivity contribution in [3.05, 3.63) is 0 Å². The molecule has 0 unspecified atom stereocenters. The van der Waals surface area contributed by atoms with Gasteiger partial charge >= 0.3 is 17.1 Å². The molecule has 0 saturated carbocycles. The Morgan fingerprint density at radius 1 is 1.09 bits per heavy atom. The number of aliphatic carboxylic acids is 1. The normalized spacial score (nSPS) is 12.0. The summed E-state index contributed by atoms with van der Waals surface area (Å²) in [4.78, 5) is 11.0. The molecule has 0 atom stereocenters. The third kappa shape index (κ3) is 14.3. The Kier molecular flexibility index (Phi) is 13.5. The van der Waals surface area contributed by atoms with Gasteiger partial charge < -0.3 is 19.7 Å². The Bertz CT molecular complexity index is 415. The minimum Gasteiger partial charge on any atom is -0.743 e. The standard InChI is InChI=1S/C6H15N.C3H4F2O2.C2H4F2O4S/c1-4-7(5-2)6-3;1-3(4,5)2(6)7;3-2(4,1-5)9(6,7)8/h4-6H2,1-3H3;1H3,(H,6,7);5H,1H2,(H,6,7,8). The first-order chi connectivity index (χ1) is 10.1. The molecule has 12 heteroatoms. The minimum atomic E-state index is -5.69. The molecule has 0 aliphatic heterocycles. The zero-order chi connectivity index (χ0) is 19.5. The van der Waals surface area contributed by atoms with Crippen LogP contribution in [-0.4, -0.2) is 66.6 Å². The molecule has 0 aromatic rings. The number of quaternary nitrogens is 1. The van der Waals surface area contributed by atoms with Crippen LogP contribution in [0.25, 0.3) is 0 Å². The summed E-state index contributed by atoms with van der Waals surface area (Å²) in [7, 11) is -5.69. The van der Waals surface area contributed by atoms with Gasteiger partial charge in [0.15, 0.2) is 10.1 Å². The molecule has 7 nitrogen and oxygen atoms in total. The number of nitrogens with one attached hydrogen (secondary N) is 1. The van der Waals surface area contributed by atoms with Crippen molar-refractivity contribution >= 4 is 16.1 Å². The number of carboxylic acid groups (broad SMARTS) is 1. The van der Waals surface area contributed by atoms with Gasteiger partial charge in [0.2, 0.25) is 0 Å². The van der Waals surface area contributed by atoms with Crippen molar-refractivity contribution in [2.75, 3.05) is 26.2 Å². The van der Waals surface area contributed by atoms with Crippen LogP contribution in [0, 0.1) is 0 Å². The van der Waals surface area contributed by atoms with Crippen molar-refractivity contribution < 1.29 is 50.4 Å². The Morgan fingerprint density at radius 3 is 1.35 bits per heavy atom. The van der Waals surface area contributed by atoms with Crippen LogP contribution < -0.4 is 4.90 Å². The fourth-order valence-electron chi connectivity index (χ4n) is 0.829. The van der Waals surface area contributed by atoms with Crippen LogP contribution >= 0.6 is 0 Å². The van der Waals surface area contributed by atoms with Crippen LogP contribution in [0.1, 0.15) is 27.7 Å². The van der Waals surface area contributed by atoms with E-state index in [1.807, 2.05) is 0 Å². The van der Waals surface area contributed by atoms with E-state index in [0.717, 1.165) is 0 Å². The number of alkyl halides is 4. The highest BCUT2D eigenvalue weighted by atomic mass is 32.2. The number of rotatable bonds is 6. The molecule has 0 aliphatic rings. The van der Waals surface area contributed by atoms with Gasteiger partial charge in [-0.2, -0.15) is 17.6 Å².